The van der Waals surface area contributed by atoms with Gasteiger partial charge in [0.1, 0.15) is 15.4 Å². The van der Waals surface area contributed by atoms with Crippen molar-refractivity contribution >= 4 is 38.4 Å². The first-order valence-electron chi connectivity index (χ1n) is 12.1. The maximum atomic E-state index is 5.61. The molecule has 4 aromatic rings. The topological polar surface area (TPSA) is 73.4 Å². The van der Waals surface area contributed by atoms with Crippen LogP contribution in [0.3, 0.4) is 0 Å². The van der Waals surface area contributed by atoms with Crippen LogP contribution in [0, 0.1) is 0 Å². The summed E-state index contributed by atoms with van der Waals surface area (Å²) in [6.07, 6.45) is 4.39. The van der Waals surface area contributed by atoms with Gasteiger partial charge in [-0.05, 0) is 39.1 Å². The van der Waals surface area contributed by atoms with Crippen LogP contribution < -0.4 is 4.90 Å². The molecule has 8 nitrogen and oxygen atoms in total. The molecule has 1 N–H and O–H groups in total. The minimum Gasteiger partial charge on any atom is -0.378 e. The van der Waals surface area contributed by atoms with Gasteiger partial charge in [-0.2, -0.15) is 0 Å². The molecule has 6 rings (SSSR count). The first-order valence-corrected chi connectivity index (χ1v) is 12.9. The monoisotopic (exact) mass is 477 g/mol. The Labute approximate surface area is 203 Å². The molecule has 0 aliphatic carbocycles. The Bertz CT molecular complexity index is 1290. The van der Waals surface area contributed by atoms with E-state index in [4.69, 9.17) is 19.7 Å². The highest BCUT2D eigenvalue weighted by molar-refractivity contribution is 7.18. The van der Waals surface area contributed by atoms with Crippen molar-refractivity contribution in [2.45, 2.75) is 25.4 Å². The summed E-state index contributed by atoms with van der Waals surface area (Å²) in [5.74, 6) is 1.70. The summed E-state index contributed by atoms with van der Waals surface area (Å²) < 4.78 is 5.61. The number of likely N-dealkylation sites (tertiary alicyclic amines) is 1. The van der Waals surface area contributed by atoms with Gasteiger partial charge in [-0.25, -0.2) is 15.0 Å². The highest BCUT2D eigenvalue weighted by atomic mass is 32.1. The van der Waals surface area contributed by atoms with E-state index < -0.39 is 0 Å². The molecule has 0 bridgehead atoms. The van der Waals surface area contributed by atoms with E-state index in [0.29, 0.717) is 19.3 Å². The number of anilines is 1. The zero-order valence-electron chi connectivity index (χ0n) is 19.8. The lowest BCUT2D eigenvalue weighted by Crippen LogP contribution is -2.41. The van der Waals surface area contributed by atoms with Crippen LogP contribution in [-0.4, -0.2) is 89.3 Å². The van der Waals surface area contributed by atoms with Gasteiger partial charge in [0.25, 0.3) is 0 Å². The van der Waals surface area contributed by atoms with Crippen molar-refractivity contribution in [2.24, 2.45) is 0 Å². The number of fused-ring (bicyclic) bond motifs is 2. The number of aromatic amines is 1. The number of H-pyrrole nitrogens is 1. The second-order valence-corrected chi connectivity index (χ2v) is 10.5. The van der Waals surface area contributed by atoms with E-state index in [1.54, 1.807) is 11.3 Å². The number of rotatable bonds is 5. The van der Waals surface area contributed by atoms with E-state index in [2.05, 4.69) is 58.0 Å². The third-order valence-electron chi connectivity index (χ3n) is 7.08. The smallest absolute Gasteiger partial charge is 0.163 e. The quantitative estimate of drug-likeness (QED) is 0.471. The second kappa shape index (κ2) is 9.22. The number of nitrogens with one attached hydrogen (secondary N) is 1. The van der Waals surface area contributed by atoms with Crippen LogP contribution in [0.5, 0.6) is 0 Å². The van der Waals surface area contributed by atoms with Gasteiger partial charge < -0.3 is 19.5 Å². The first-order chi connectivity index (χ1) is 16.7. The molecule has 5 heterocycles. The zero-order valence-corrected chi connectivity index (χ0v) is 20.6. The molecule has 9 heteroatoms. The lowest BCUT2D eigenvalue weighted by Gasteiger charge is -2.34. The predicted molar refractivity (Wildman–Crippen MR) is 138 cm³/mol. The molecule has 1 aromatic carbocycles. The number of hydrogen-bond acceptors (Lipinski definition) is 8. The Morgan fingerprint density at radius 2 is 1.88 bits per heavy atom. The minimum absolute atomic E-state index is 0.684. The van der Waals surface area contributed by atoms with Gasteiger partial charge in [0, 0.05) is 54.9 Å². The van der Waals surface area contributed by atoms with Gasteiger partial charge in [0.15, 0.2) is 11.6 Å². The summed E-state index contributed by atoms with van der Waals surface area (Å²) in [4.78, 5) is 26.6. The third kappa shape index (κ3) is 4.17. The molecule has 0 radical (unpaired) electrons. The third-order valence-corrected chi connectivity index (χ3v) is 8.01. The van der Waals surface area contributed by atoms with Gasteiger partial charge in [0.05, 0.1) is 19.8 Å². The number of aromatic nitrogens is 4. The standard InChI is InChI=1S/C25H31N7OS/c1-30(2)17-7-10-31(11-8-17)16-21-27-22-24(32-12-14-33-15-13-32)28-23(29-25(22)34-21)19-4-3-5-20-18(19)6-9-26-20/h3-6,9,17,26H,7-8,10-16H2,1-2H3. The molecule has 2 aliphatic rings. The van der Waals surface area contributed by atoms with Crippen molar-refractivity contribution in [1.29, 1.82) is 0 Å². The van der Waals surface area contributed by atoms with E-state index in [0.717, 1.165) is 76.2 Å². The average Bonchev–Trinajstić information content (AvgIpc) is 3.50. The van der Waals surface area contributed by atoms with E-state index in [-0.39, 0.29) is 0 Å². The summed E-state index contributed by atoms with van der Waals surface area (Å²) in [6.45, 7) is 6.18. The summed E-state index contributed by atoms with van der Waals surface area (Å²) in [5.41, 5.74) is 3.08. The molecule has 3 aromatic heterocycles. The van der Waals surface area contributed by atoms with E-state index >= 15 is 0 Å². The van der Waals surface area contributed by atoms with Crippen LogP contribution in [0.1, 0.15) is 17.8 Å². The van der Waals surface area contributed by atoms with E-state index in [1.165, 1.54) is 12.8 Å². The summed E-state index contributed by atoms with van der Waals surface area (Å²) >= 11 is 1.71. The lowest BCUT2D eigenvalue weighted by atomic mass is 10.0. The molecule has 0 unspecified atom stereocenters. The van der Waals surface area contributed by atoms with Crippen molar-refractivity contribution < 1.29 is 4.74 Å². The maximum absolute atomic E-state index is 5.61. The number of nitrogens with zero attached hydrogens (tertiary/aromatic N) is 6. The molecule has 178 valence electrons. The predicted octanol–water partition coefficient (Wildman–Crippen LogP) is 3.60. The molecular weight excluding hydrogens is 446 g/mol. The minimum atomic E-state index is 0.684. The molecule has 2 saturated heterocycles. The van der Waals surface area contributed by atoms with Gasteiger partial charge in [-0.15, -0.1) is 0 Å². The summed E-state index contributed by atoms with van der Waals surface area (Å²) in [5, 5.41) is 2.27. The fourth-order valence-corrected chi connectivity index (χ4v) is 6.07. The number of hydrogen-bond donors (Lipinski definition) is 1. The normalized spacial score (nSPS) is 18.5. The summed E-state index contributed by atoms with van der Waals surface area (Å²) in [7, 11) is 4.37. The molecular formula is C25H31N7OS. The van der Waals surface area contributed by atoms with Crippen LogP contribution in [-0.2, 0) is 11.3 Å². The molecule has 0 amide bonds. The number of piperidine rings is 1. The molecule has 0 atom stereocenters. The first kappa shape index (κ1) is 21.9. The van der Waals surface area contributed by atoms with Crippen molar-refractivity contribution in [3.63, 3.8) is 0 Å². The second-order valence-electron chi connectivity index (χ2n) is 9.45. The average molecular weight is 478 g/mol. The van der Waals surface area contributed by atoms with Crippen molar-refractivity contribution in [3.8, 4) is 11.4 Å². The number of benzene rings is 1. The number of morpholine rings is 1. The number of ether oxygens (including phenoxy) is 1. The van der Waals surface area contributed by atoms with Gasteiger partial charge in [-0.1, -0.05) is 23.5 Å². The van der Waals surface area contributed by atoms with Crippen molar-refractivity contribution in [2.75, 3.05) is 58.4 Å². The fraction of sp³-hybridized carbons (Fsp3) is 0.480. The Morgan fingerprint density at radius 3 is 2.68 bits per heavy atom. The van der Waals surface area contributed by atoms with Crippen LogP contribution in [0.15, 0.2) is 30.5 Å². The zero-order chi connectivity index (χ0) is 23.1. The van der Waals surface area contributed by atoms with Crippen molar-refractivity contribution in [3.05, 3.63) is 35.5 Å². The Hall–Kier alpha value is -2.59. The highest BCUT2D eigenvalue weighted by Crippen LogP contribution is 2.34. The molecule has 0 saturated carbocycles. The van der Waals surface area contributed by atoms with Crippen LogP contribution in [0.2, 0.25) is 0 Å². The Kier molecular flexibility index (Phi) is 5.94. The fourth-order valence-electron chi connectivity index (χ4n) is 5.10. The van der Waals surface area contributed by atoms with E-state index in [9.17, 15) is 0 Å². The Morgan fingerprint density at radius 1 is 1.06 bits per heavy atom. The summed E-state index contributed by atoms with van der Waals surface area (Å²) in [6, 6.07) is 9.04. The molecule has 34 heavy (non-hydrogen) atoms. The van der Waals surface area contributed by atoms with Crippen LogP contribution >= 0.6 is 11.3 Å². The van der Waals surface area contributed by atoms with Crippen molar-refractivity contribution in [1.82, 2.24) is 29.7 Å². The number of thiazole rings is 1. The lowest BCUT2D eigenvalue weighted by molar-refractivity contribution is 0.122. The molecule has 2 fully saturated rings. The van der Waals surface area contributed by atoms with Gasteiger partial charge in [-0.3, -0.25) is 4.90 Å². The Balaban J connectivity index is 1.37. The van der Waals surface area contributed by atoms with Gasteiger partial charge in [0.2, 0.25) is 0 Å². The molecule has 0 spiro atoms. The maximum Gasteiger partial charge on any atom is 0.163 e. The highest BCUT2D eigenvalue weighted by Gasteiger charge is 2.24. The van der Waals surface area contributed by atoms with Gasteiger partial charge >= 0.3 is 0 Å². The SMILES string of the molecule is CN(C)C1CCN(Cc2nc3c(N4CCOCC4)nc(-c4cccc5[nH]ccc45)nc3s2)CC1. The molecule has 2 aliphatic heterocycles. The largest absolute Gasteiger partial charge is 0.378 e. The van der Waals surface area contributed by atoms with Crippen LogP contribution in [0.25, 0.3) is 32.6 Å². The van der Waals surface area contributed by atoms with E-state index in [1.807, 2.05) is 6.20 Å². The van der Waals surface area contributed by atoms with Crippen LogP contribution in [0.4, 0.5) is 5.82 Å².